The molecule has 1 aromatic rings. The topological polar surface area (TPSA) is 44.0 Å². The van der Waals surface area contributed by atoms with Gasteiger partial charge in [0.2, 0.25) is 0 Å². The van der Waals surface area contributed by atoms with Crippen LogP contribution in [-0.2, 0) is 13.1 Å². The molecule has 0 aliphatic carbocycles. The average molecular weight is 378 g/mol. The van der Waals surface area contributed by atoms with Gasteiger partial charge in [-0.3, -0.25) is 13.9 Å². The molecule has 19 heavy (non-hydrogen) atoms. The van der Waals surface area contributed by atoms with Crippen LogP contribution in [0.3, 0.4) is 0 Å². The molecule has 108 valence electrons. The van der Waals surface area contributed by atoms with E-state index in [2.05, 4.69) is 6.92 Å². The SMILES string of the molecule is CCCCCCCCn1c(=O)c(I)cn(CC)c1=O. The third-order valence-electron chi connectivity index (χ3n) is 3.27. The van der Waals surface area contributed by atoms with E-state index in [1.54, 1.807) is 10.8 Å². The molecule has 1 heterocycles. The molecule has 0 amide bonds. The number of nitrogens with zero attached hydrogens (tertiary/aromatic N) is 2. The Morgan fingerprint density at radius 2 is 1.68 bits per heavy atom. The fourth-order valence-corrected chi connectivity index (χ4v) is 2.72. The third kappa shape index (κ3) is 4.78. The number of hydrogen-bond acceptors (Lipinski definition) is 2. The van der Waals surface area contributed by atoms with Gasteiger partial charge in [0.15, 0.2) is 0 Å². The molecule has 0 atom stereocenters. The van der Waals surface area contributed by atoms with E-state index in [1.807, 2.05) is 29.5 Å². The lowest BCUT2D eigenvalue weighted by atomic mass is 10.1. The Kier molecular flexibility index (Phi) is 7.41. The molecule has 0 radical (unpaired) electrons. The lowest BCUT2D eigenvalue weighted by Gasteiger charge is -2.09. The molecule has 1 aromatic heterocycles. The zero-order valence-electron chi connectivity index (χ0n) is 11.8. The van der Waals surface area contributed by atoms with Crippen molar-refractivity contribution < 1.29 is 0 Å². The minimum atomic E-state index is -0.179. The van der Waals surface area contributed by atoms with E-state index in [9.17, 15) is 9.59 Å². The van der Waals surface area contributed by atoms with Crippen molar-refractivity contribution in [3.63, 3.8) is 0 Å². The Balaban J connectivity index is 2.65. The summed E-state index contributed by atoms with van der Waals surface area (Å²) in [7, 11) is 0. The molecule has 4 nitrogen and oxygen atoms in total. The van der Waals surface area contributed by atoms with E-state index in [-0.39, 0.29) is 11.2 Å². The minimum Gasteiger partial charge on any atom is -0.300 e. The molecule has 0 unspecified atom stereocenters. The Morgan fingerprint density at radius 1 is 1.05 bits per heavy atom. The summed E-state index contributed by atoms with van der Waals surface area (Å²) >= 11 is 2.00. The lowest BCUT2D eigenvalue weighted by molar-refractivity contribution is 0.510. The first-order chi connectivity index (χ1) is 9.11. The number of halogens is 1. The van der Waals surface area contributed by atoms with Gasteiger partial charge in [-0.25, -0.2) is 4.79 Å². The van der Waals surface area contributed by atoms with E-state index in [0.717, 1.165) is 12.8 Å². The van der Waals surface area contributed by atoms with Crippen LogP contribution in [0.15, 0.2) is 15.8 Å². The van der Waals surface area contributed by atoms with Gasteiger partial charge in [-0.1, -0.05) is 39.0 Å². The summed E-state index contributed by atoms with van der Waals surface area (Å²) in [4.78, 5) is 24.0. The standard InChI is InChI=1S/C14H23IN2O2/c1-3-5-6-7-8-9-10-17-13(18)12(15)11-16(4-2)14(17)19/h11H,3-10H2,1-2H3. The zero-order chi connectivity index (χ0) is 14.3. The summed E-state index contributed by atoms with van der Waals surface area (Å²) in [6.45, 7) is 5.25. The second kappa shape index (κ2) is 8.55. The van der Waals surface area contributed by atoms with Crippen molar-refractivity contribution in [3.8, 4) is 0 Å². The molecule has 1 rings (SSSR count). The van der Waals surface area contributed by atoms with Gasteiger partial charge in [0, 0.05) is 19.3 Å². The summed E-state index contributed by atoms with van der Waals surface area (Å²) in [5, 5.41) is 0. The molecule has 0 N–H and O–H groups in total. The number of aromatic nitrogens is 2. The van der Waals surface area contributed by atoms with Gasteiger partial charge in [0.1, 0.15) is 0 Å². The van der Waals surface area contributed by atoms with Gasteiger partial charge >= 0.3 is 5.69 Å². The van der Waals surface area contributed by atoms with Crippen molar-refractivity contribution in [1.82, 2.24) is 9.13 Å². The van der Waals surface area contributed by atoms with Crippen molar-refractivity contribution in [2.24, 2.45) is 0 Å². The Labute approximate surface area is 128 Å². The monoisotopic (exact) mass is 378 g/mol. The van der Waals surface area contributed by atoms with Crippen LogP contribution in [0.1, 0.15) is 52.4 Å². The molecular formula is C14H23IN2O2. The van der Waals surface area contributed by atoms with Crippen LogP contribution in [0, 0.1) is 3.57 Å². The van der Waals surface area contributed by atoms with Crippen LogP contribution in [-0.4, -0.2) is 9.13 Å². The predicted molar refractivity (Wildman–Crippen MR) is 86.7 cm³/mol. The van der Waals surface area contributed by atoms with Crippen molar-refractivity contribution in [2.75, 3.05) is 0 Å². The molecule has 0 saturated heterocycles. The van der Waals surface area contributed by atoms with Crippen LogP contribution in [0.25, 0.3) is 0 Å². The Bertz CT molecular complexity index is 505. The van der Waals surface area contributed by atoms with Gasteiger partial charge in [-0.05, 0) is 35.9 Å². The van der Waals surface area contributed by atoms with Gasteiger partial charge in [-0.15, -0.1) is 0 Å². The highest BCUT2D eigenvalue weighted by Gasteiger charge is 2.08. The fourth-order valence-electron chi connectivity index (χ4n) is 2.09. The second-order valence-electron chi connectivity index (χ2n) is 4.77. The second-order valence-corrected chi connectivity index (χ2v) is 5.93. The highest BCUT2D eigenvalue weighted by atomic mass is 127. The summed E-state index contributed by atoms with van der Waals surface area (Å²) in [6.07, 6.45) is 8.57. The molecule has 5 heteroatoms. The molecule has 0 aliphatic heterocycles. The summed E-state index contributed by atoms with van der Waals surface area (Å²) in [6, 6.07) is 0. The number of aryl methyl sites for hydroxylation is 1. The fraction of sp³-hybridized carbons (Fsp3) is 0.714. The van der Waals surface area contributed by atoms with E-state index < -0.39 is 0 Å². The molecular weight excluding hydrogens is 355 g/mol. The quantitative estimate of drug-likeness (QED) is 0.516. The molecule has 0 aliphatic rings. The average Bonchev–Trinajstić information content (AvgIpc) is 2.41. The summed E-state index contributed by atoms with van der Waals surface area (Å²) in [5.74, 6) is 0. The highest BCUT2D eigenvalue weighted by molar-refractivity contribution is 14.1. The normalized spacial score (nSPS) is 10.9. The van der Waals surface area contributed by atoms with Gasteiger partial charge in [-0.2, -0.15) is 0 Å². The Morgan fingerprint density at radius 3 is 2.32 bits per heavy atom. The maximum absolute atomic E-state index is 12.1. The van der Waals surface area contributed by atoms with Crippen LogP contribution in [0.5, 0.6) is 0 Å². The predicted octanol–water partition coefficient (Wildman–Crippen LogP) is 3.00. The number of hydrogen-bond donors (Lipinski definition) is 0. The molecule has 0 bridgehead atoms. The van der Waals surface area contributed by atoms with E-state index in [1.165, 1.54) is 30.3 Å². The van der Waals surface area contributed by atoms with E-state index in [0.29, 0.717) is 16.7 Å². The van der Waals surface area contributed by atoms with Crippen molar-refractivity contribution in [1.29, 1.82) is 0 Å². The van der Waals surface area contributed by atoms with Crippen LogP contribution in [0.2, 0.25) is 0 Å². The highest BCUT2D eigenvalue weighted by Crippen LogP contribution is 2.05. The first-order valence-corrected chi connectivity index (χ1v) is 8.19. The molecule has 0 fully saturated rings. The van der Waals surface area contributed by atoms with Crippen LogP contribution < -0.4 is 11.2 Å². The Hall–Kier alpha value is -0.590. The maximum Gasteiger partial charge on any atom is 0.331 e. The van der Waals surface area contributed by atoms with Gasteiger partial charge in [0.25, 0.3) is 5.56 Å². The number of unbranched alkanes of at least 4 members (excludes halogenated alkanes) is 5. The smallest absolute Gasteiger partial charge is 0.300 e. The van der Waals surface area contributed by atoms with Crippen LogP contribution >= 0.6 is 22.6 Å². The first kappa shape index (κ1) is 16.5. The first-order valence-electron chi connectivity index (χ1n) is 7.11. The maximum atomic E-state index is 12.1. The third-order valence-corrected chi connectivity index (χ3v) is 4.01. The van der Waals surface area contributed by atoms with Crippen molar-refractivity contribution in [2.45, 2.75) is 65.5 Å². The summed E-state index contributed by atoms with van der Waals surface area (Å²) in [5.41, 5.74) is -0.328. The molecule has 0 aromatic carbocycles. The number of rotatable bonds is 8. The van der Waals surface area contributed by atoms with Crippen LogP contribution in [0.4, 0.5) is 0 Å². The largest absolute Gasteiger partial charge is 0.331 e. The van der Waals surface area contributed by atoms with Gasteiger partial charge < -0.3 is 0 Å². The van der Waals surface area contributed by atoms with Crippen molar-refractivity contribution >= 4 is 22.6 Å². The lowest BCUT2D eigenvalue weighted by Crippen LogP contribution is -2.40. The minimum absolute atomic E-state index is 0.149. The molecule has 0 saturated carbocycles. The summed E-state index contributed by atoms with van der Waals surface area (Å²) < 4.78 is 3.59. The van der Waals surface area contributed by atoms with Crippen molar-refractivity contribution in [3.05, 3.63) is 30.6 Å². The van der Waals surface area contributed by atoms with Gasteiger partial charge in [0.05, 0.1) is 3.57 Å². The zero-order valence-corrected chi connectivity index (χ0v) is 14.0. The van der Waals surface area contributed by atoms with E-state index in [4.69, 9.17) is 0 Å². The molecule has 0 spiro atoms. The van der Waals surface area contributed by atoms with E-state index >= 15 is 0 Å².